The van der Waals surface area contributed by atoms with E-state index < -0.39 is 27.7 Å². The number of hydrogen-bond donors (Lipinski definition) is 2. The Bertz CT molecular complexity index is 1440. The van der Waals surface area contributed by atoms with Crippen molar-refractivity contribution in [2.45, 2.75) is 11.1 Å². The number of carbonyl (C=O) groups is 1. The zero-order chi connectivity index (χ0) is 24.3. The molecular weight excluding hydrogens is 487 g/mol. The fourth-order valence-corrected chi connectivity index (χ4v) is 4.83. The molecule has 0 aliphatic heterocycles. The highest BCUT2D eigenvalue weighted by Gasteiger charge is 2.30. The quantitative estimate of drug-likeness (QED) is 0.344. The van der Waals surface area contributed by atoms with Gasteiger partial charge in [0, 0.05) is 22.2 Å². The van der Waals surface area contributed by atoms with Gasteiger partial charge in [0.1, 0.15) is 0 Å². The molecule has 3 aromatic carbocycles. The Labute approximate surface area is 197 Å². The number of nitrogens with one attached hydrogen (secondary N) is 2. The summed E-state index contributed by atoms with van der Waals surface area (Å²) in [5.41, 5.74) is 0.374. The van der Waals surface area contributed by atoms with Crippen molar-refractivity contribution >= 4 is 38.1 Å². The van der Waals surface area contributed by atoms with Crippen LogP contribution in [0, 0.1) is 0 Å². The van der Waals surface area contributed by atoms with Gasteiger partial charge in [-0.2, -0.15) is 13.2 Å². The topological polar surface area (TPSA) is 88.2 Å². The number of anilines is 2. The molecule has 0 radical (unpaired) electrons. The van der Waals surface area contributed by atoms with Gasteiger partial charge in [-0.1, -0.05) is 42.5 Å². The first-order valence-electron chi connectivity index (χ1n) is 9.74. The first-order valence-corrected chi connectivity index (χ1v) is 12.1. The molecule has 34 heavy (non-hydrogen) atoms. The molecule has 4 aromatic rings. The van der Waals surface area contributed by atoms with E-state index in [9.17, 15) is 26.4 Å². The lowest BCUT2D eigenvalue weighted by molar-refractivity contribution is -0.137. The van der Waals surface area contributed by atoms with Gasteiger partial charge in [-0.05, 0) is 36.4 Å². The Balaban J connectivity index is 1.51. The van der Waals surface area contributed by atoms with Gasteiger partial charge in [-0.25, -0.2) is 13.4 Å². The third-order valence-electron chi connectivity index (χ3n) is 4.64. The molecule has 0 unspecified atom stereocenters. The van der Waals surface area contributed by atoms with E-state index >= 15 is 0 Å². The van der Waals surface area contributed by atoms with Gasteiger partial charge in [0.05, 0.1) is 16.2 Å². The number of thiazole rings is 1. The summed E-state index contributed by atoms with van der Waals surface area (Å²) < 4.78 is 66.3. The van der Waals surface area contributed by atoms with Crippen LogP contribution < -0.4 is 10.0 Å². The predicted molar refractivity (Wildman–Crippen MR) is 124 cm³/mol. The molecule has 2 N–H and O–H groups in total. The summed E-state index contributed by atoms with van der Waals surface area (Å²) in [6.07, 6.45) is -4.62. The number of sulfonamides is 1. The smallest absolute Gasteiger partial charge is 0.298 e. The van der Waals surface area contributed by atoms with Crippen LogP contribution in [0.4, 0.5) is 24.0 Å². The molecule has 0 bridgehead atoms. The van der Waals surface area contributed by atoms with E-state index in [1.807, 2.05) is 30.3 Å². The van der Waals surface area contributed by atoms with Gasteiger partial charge < -0.3 is 0 Å². The number of benzene rings is 3. The Kier molecular flexibility index (Phi) is 6.40. The van der Waals surface area contributed by atoms with Crippen molar-refractivity contribution in [2.75, 3.05) is 10.0 Å². The predicted octanol–water partition coefficient (Wildman–Crippen LogP) is 5.88. The first kappa shape index (κ1) is 23.5. The maximum absolute atomic E-state index is 12.9. The lowest BCUT2D eigenvalue weighted by Gasteiger charge is -2.12. The van der Waals surface area contributed by atoms with Crippen LogP contribution in [0.3, 0.4) is 0 Å². The SMILES string of the molecule is O=C(Nc1nc(-c2ccccc2)cs1)c1cccc(S(=O)(=O)Nc2cccc(C(F)(F)F)c2)c1. The maximum atomic E-state index is 12.9. The molecule has 4 rings (SSSR count). The minimum atomic E-state index is -4.62. The van der Waals surface area contributed by atoms with Gasteiger partial charge in [0.25, 0.3) is 15.9 Å². The molecule has 0 atom stereocenters. The van der Waals surface area contributed by atoms with E-state index in [0.29, 0.717) is 16.9 Å². The van der Waals surface area contributed by atoms with Crippen LogP contribution in [0.2, 0.25) is 0 Å². The Morgan fingerprint density at radius 1 is 0.912 bits per heavy atom. The van der Waals surface area contributed by atoms with Gasteiger partial charge in [-0.3, -0.25) is 14.8 Å². The minimum absolute atomic E-state index is 0.0448. The first-order chi connectivity index (χ1) is 16.1. The molecule has 1 aromatic heterocycles. The Morgan fingerprint density at radius 3 is 2.38 bits per heavy atom. The highest BCUT2D eigenvalue weighted by molar-refractivity contribution is 7.92. The van der Waals surface area contributed by atoms with Crippen molar-refractivity contribution in [3.8, 4) is 11.3 Å². The van der Waals surface area contributed by atoms with Crippen molar-refractivity contribution in [1.29, 1.82) is 0 Å². The summed E-state index contributed by atoms with van der Waals surface area (Å²) in [6.45, 7) is 0. The van der Waals surface area contributed by atoms with E-state index in [4.69, 9.17) is 0 Å². The molecule has 174 valence electrons. The van der Waals surface area contributed by atoms with Crippen molar-refractivity contribution in [1.82, 2.24) is 4.98 Å². The number of halogens is 3. The highest BCUT2D eigenvalue weighted by Crippen LogP contribution is 2.31. The summed E-state index contributed by atoms with van der Waals surface area (Å²) in [4.78, 5) is 16.8. The van der Waals surface area contributed by atoms with E-state index in [0.717, 1.165) is 23.8 Å². The molecule has 11 heteroatoms. The fourth-order valence-electron chi connectivity index (χ4n) is 3.02. The van der Waals surface area contributed by atoms with E-state index in [1.54, 1.807) is 5.38 Å². The standard InChI is InChI=1S/C23H16F3N3O3S2/c24-23(25,26)17-9-5-10-18(13-17)29-34(31,32)19-11-4-8-16(12-19)21(30)28-22-27-20(14-33-22)15-6-2-1-3-7-15/h1-14,29H,(H,27,28,30). The van der Waals surface area contributed by atoms with E-state index in [-0.39, 0.29) is 16.1 Å². The number of rotatable bonds is 6. The van der Waals surface area contributed by atoms with Crippen molar-refractivity contribution < 1.29 is 26.4 Å². The summed E-state index contributed by atoms with van der Waals surface area (Å²) in [7, 11) is -4.25. The number of carbonyl (C=O) groups excluding carboxylic acids is 1. The Hall–Kier alpha value is -3.70. The molecule has 0 saturated heterocycles. The highest BCUT2D eigenvalue weighted by atomic mass is 32.2. The number of nitrogens with zero attached hydrogens (tertiary/aromatic N) is 1. The third kappa shape index (κ3) is 5.43. The normalized spacial score (nSPS) is 11.7. The average molecular weight is 504 g/mol. The van der Waals surface area contributed by atoms with Gasteiger partial charge in [0.15, 0.2) is 5.13 Å². The number of amides is 1. The summed E-state index contributed by atoms with van der Waals surface area (Å²) in [5.74, 6) is -0.579. The zero-order valence-corrected chi connectivity index (χ0v) is 18.8. The van der Waals surface area contributed by atoms with Gasteiger partial charge in [0.2, 0.25) is 0 Å². The summed E-state index contributed by atoms with van der Waals surface area (Å²) >= 11 is 1.22. The maximum Gasteiger partial charge on any atom is 0.416 e. The second kappa shape index (κ2) is 9.27. The van der Waals surface area contributed by atoms with Crippen LogP contribution in [0.5, 0.6) is 0 Å². The van der Waals surface area contributed by atoms with Crippen LogP contribution >= 0.6 is 11.3 Å². The Morgan fingerprint density at radius 2 is 1.65 bits per heavy atom. The van der Waals surface area contributed by atoms with Crippen LogP contribution in [0.25, 0.3) is 11.3 Å². The second-order valence-corrected chi connectivity index (χ2v) is 9.61. The third-order valence-corrected chi connectivity index (χ3v) is 6.78. The molecule has 6 nitrogen and oxygen atoms in total. The second-order valence-electron chi connectivity index (χ2n) is 7.07. The molecular formula is C23H16F3N3O3S2. The van der Waals surface area contributed by atoms with Gasteiger partial charge in [-0.15, -0.1) is 11.3 Å². The van der Waals surface area contributed by atoms with Gasteiger partial charge >= 0.3 is 6.18 Å². The minimum Gasteiger partial charge on any atom is -0.298 e. The zero-order valence-electron chi connectivity index (χ0n) is 17.2. The molecule has 0 spiro atoms. The van der Waals surface area contributed by atoms with Crippen molar-refractivity contribution in [3.05, 3.63) is 95.4 Å². The molecule has 1 amide bonds. The number of alkyl halides is 3. The summed E-state index contributed by atoms with van der Waals surface area (Å²) in [5, 5.41) is 4.74. The molecule has 0 fully saturated rings. The lowest BCUT2D eigenvalue weighted by atomic mass is 10.2. The van der Waals surface area contributed by atoms with E-state index in [2.05, 4.69) is 15.0 Å². The van der Waals surface area contributed by atoms with E-state index in [1.165, 1.54) is 35.6 Å². The molecule has 0 aliphatic carbocycles. The van der Waals surface area contributed by atoms with Crippen LogP contribution in [-0.4, -0.2) is 19.3 Å². The number of aromatic nitrogens is 1. The van der Waals surface area contributed by atoms with Crippen molar-refractivity contribution in [3.63, 3.8) is 0 Å². The van der Waals surface area contributed by atoms with Crippen LogP contribution in [0.15, 0.2) is 89.1 Å². The fraction of sp³-hybridized carbons (Fsp3) is 0.0435. The number of hydrogen-bond acceptors (Lipinski definition) is 5. The largest absolute Gasteiger partial charge is 0.416 e. The monoisotopic (exact) mass is 503 g/mol. The van der Waals surface area contributed by atoms with Crippen molar-refractivity contribution in [2.24, 2.45) is 0 Å². The van der Waals surface area contributed by atoms with Crippen LogP contribution in [0.1, 0.15) is 15.9 Å². The average Bonchev–Trinajstić information content (AvgIpc) is 3.27. The molecule has 1 heterocycles. The lowest BCUT2D eigenvalue weighted by Crippen LogP contribution is -2.16. The molecule has 0 aliphatic rings. The molecule has 0 saturated carbocycles. The van der Waals surface area contributed by atoms with Crippen LogP contribution in [-0.2, 0) is 16.2 Å². The summed E-state index contributed by atoms with van der Waals surface area (Å²) in [6, 6.07) is 18.4.